The summed E-state index contributed by atoms with van der Waals surface area (Å²) in [6.07, 6.45) is 0. The number of nitrogens with one attached hydrogen (secondary N) is 2. The van der Waals surface area contributed by atoms with Crippen molar-refractivity contribution in [2.75, 3.05) is 30.4 Å². The van der Waals surface area contributed by atoms with Crippen molar-refractivity contribution in [3.8, 4) is 0 Å². The minimum absolute atomic E-state index is 0.112. The standard InChI is InChI=1S/C19H19N3O7/c1-12(24)14-4-2-3-5-17(14)21-18(25)11-29-19(26)15-10-13(22(27)28)6-7-16(15)20-8-9-23/h2-7,10,20,23H,8-9,11H2,1H3,(H,21,25). The summed E-state index contributed by atoms with van der Waals surface area (Å²) >= 11 is 0. The topological polar surface area (TPSA) is 148 Å². The number of nitrogens with zero attached hydrogens (tertiary/aromatic N) is 1. The predicted octanol–water partition coefficient (Wildman–Crippen LogP) is 2.00. The first kappa shape index (κ1) is 21.5. The lowest BCUT2D eigenvalue weighted by molar-refractivity contribution is -0.384. The van der Waals surface area contributed by atoms with E-state index in [-0.39, 0.29) is 41.6 Å². The minimum atomic E-state index is -0.954. The van der Waals surface area contributed by atoms with Crippen molar-refractivity contribution >= 4 is 34.7 Å². The summed E-state index contributed by atoms with van der Waals surface area (Å²) in [5.74, 6) is -1.87. The molecule has 0 fully saturated rings. The van der Waals surface area contributed by atoms with Crippen LogP contribution in [0.25, 0.3) is 0 Å². The molecule has 29 heavy (non-hydrogen) atoms. The predicted molar refractivity (Wildman–Crippen MR) is 104 cm³/mol. The number of Topliss-reactive ketones (excluding diaryl/α,β-unsaturated/α-hetero) is 1. The maximum absolute atomic E-state index is 12.4. The van der Waals surface area contributed by atoms with Gasteiger partial charge in [0, 0.05) is 29.9 Å². The molecular formula is C19H19N3O7. The zero-order valence-corrected chi connectivity index (χ0v) is 15.5. The molecule has 0 bridgehead atoms. The average molecular weight is 401 g/mol. The highest BCUT2D eigenvalue weighted by molar-refractivity contribution is 6.04. The third kappa shape index (κ3) is 5.84. The van der Waals surface area contributed by atoms with Crippen LogP contribution in [0, 0.1) is 10.1 Å². The highest BCUT2D eigenvalue weighted by atomic mass is 16.6. The van der Waals surface area contributed by atoms with Gasteiger partial charge in [0.15, 0.2) is 12.4 Å². The van der Waals surface area contributed by atoms with Crippen LogP contribution >= 0.6 is 0 Å². The number of aliphatic hydroxyl groups excluding tert-OH is 1. The Morgan fingerprint density at radius 2 is 1.83 bits per heavy atom. The van der Waals surface area contributed by atoms with Crippen LogP contribution in [0.5, 0.6) is 0 Å². The van der Waals surface area contributed by atoms with E-state index in [1.54, 1.807) is 18.2 Å². The molecule has 0 radical (unpaired) electrons. The maximum atomic E-state index is 12.4. The normalized spacial score (nSPS) is 10.1. The summed E-state index contributed by atoms with van der Waals surface area (Å²) in [5, 5.41) is 25.1. The Labute approximate surface area is 165 Å². The van der Waals surface area contributed by atoms with E-state index in [0.717, 1.165) is 6.07 Å². The summed E-state index contributed by atoms with van der Waals surface area (Å²) in [4.78, 5) is 46.3. The van der Waals surface area contributed by atoms with Crippen LogP contribution in [-0.4, -0.2) is 47.4 Å². The number of nitro benzene ring substituents is 1. The Balaban J connectivity index is 2.10. The van der Waals surface area contributed by atoms with Crippen LogP contribution in [0.1, 0.15) is 27.6 Å². The quantitative estimate of drug-likeness (QED) is 0.250. The van der Waals surface area contributed by atoms with Gasteiger partial charge >= 0.3 is 5.97 Å². The zero-order chi connectivity index (χ0) is 21.4. The second kappa shape index (κ2) is 9.95. The molecule has 0 spiro atoms. The number of hydrogen-bond donors (Lipinski definition) is 3. The lowest BCUT2D eigenvalue weighted by Crippen LogP contribution is -2.22. The van der Waals surface area contributed by atoms with E-state index in [1.165, 1.54) is 25.1 Å². The first-order valence-electron chi connectivity index (χ1n) is 8.53. The number of amides is 1. The van der Waals surface area contributed by atoms with Crippen LogP contribution in [-0.2, 0) is 9.53 Å². The minimum Gasteiger partial charge on any atom is -0.452 e. The fourth-order valence-corrected chi connectivity index (χ4v) is 2.45. The Bertz CT molecular complexity index is 943. The lowest BCUT2D eigenvalue weighted by Gasteiger charge is -2.12. The maximum Gasteiger partial charge on any atom is 0.341 e. The van der Waals surface area contributed by atoms with Crippen LogP contribution < -0.4 is 10.6 Å². The molecule has 0 unspecified atom stereocenters. The van der Waals surface area contributed by atoms with Crippen molar-refractivity contribution in [2.24, 2.45) is 0 Å². The number of nitro groups is 1. The van der Waals surface area contributed by atoms with E-state index < -0.39 is 23.4 Å². The van der Waals surface area contributed by atoms with Crippen LogP contribution in [0.2, 0.25) is 0 Å². The number of ketones is 1. The fourth-order valence-electron chi connectivity index (χ4n) is 2.45. The van der Waals surface area contributed by atoms with Gasteiger partial charge in [0.05, 0.1) is 22.8 Å². The molecule has 152 valence electrons. The summed E-state index contributed by atoms with van der Waals surface area (Å²) in [5.41, 5.74) is 0.330. The van der Waals surface area contributed by atoms with E-state index in [2.05, 4.69) is 10.6 Å². The number of ether oxygens (including phenoxy) is 1. The molecule has 2 aromatic carbocycles. The highest BCUT2D eigenvalue weighted by Crippen LogP contribution is 2.23. The van der Waals surface area contributed by atoms with E-state index in [1.807, 2.05) is 0 Å². The number of benzene rings is 2. The summed E-state index contributed by atoms with van der Waals surface area (Å²) in [7, 11) is 0. The van der Waals surface area contributed by atoms with Crippen molar-refractivity contribution in [3.05, 3.63) is 63.7 Å². The van der Waals surface area contributed by atoms with E-state index in [0.29, 0.717) is 5.56 Å². The SMILES string of the molecule is CC(=O)c1ccccc1NC(=O)COC(=O)c1cc([N+](=O)[O-])ccc1NCCO. The van der Waals surface area contributed by atoms with Gasteiger partial charge in [-0.15, -0.1) is 0 Å². The van der Waals surface area contributed by atoms with Crippen molar-refractivity contribution in [2.45, 2.75) is 6.92 Å². The molecular weight excluding hydrogens is 382 g/mol. The van der Waals surface area contributed by atoms with Crippen LogP contribution in [0.4, 0.5) is 17.1 Å². The third-order valence-electron chi connectivity index (χ3n) is 3.78. The molecule has 3 N–H and O–H groups in total. The number of carbonyl (C=O) groups excluding carboxylic acids is 3. The lowest BCUT2D eigenvalue weighted by atomic mass is 10.1. The van der Waals surface area contributed by atoms with Crippen molar-refractivity contribution < 1.29 is 29.2 Å². The summed E-state index contributed by atoms with van der Waals surface area (Å²) in [6.45, 7) is 0.589. The number of esters is 1. The van der Waals surface area contributed by atoms with Gasteiger partial charge < -0.3 is 20.5 Å². The second-order valence-corrected chi connectivity index (χ2v) is 5.86. The van der Waals surface area contributed by atoms with E-state index in [4.69, 9.17) is 9.84 Å². The van der Waals surface area contributed by atoms with Gasteiger partial charge in [0.1, 0.15) is 0 Å². The van der Waals surface area contributed by atoms with Gasteiger partial charge in [-0.05, 0) is 25.1 Å². The number of para-hydroxylation sites is 1. The summed E-state index contributed by atoms with van der Waals surface area (Å²) < 4.78 is 4.96. The highest BCUT2D eigenvalue weighted by Gasteiger charge is 2.19. The molecule has 2 rings (SSSR count). The van der Waals surface area contributed by atoms with Gasteiger partial charge in [0.25, 0.3) is 11.6 Å². The van der Waals surface area contributed by atoms with Crippen molar-refractivity contribution in [3.63, 3.8) is 0 Å². The Morgan fingerprint density at radius 3 is 2.48 bits per heavy atom. The zero-order valence-electron chi connectivity index (χ0n) is 15.5. The molecule has 0 heterocycles. The van der Waals surface area contributed by atoms with Gasteiger partial charge in [-0.1, -0.05) is 12.1 Å². The molecule has 2 aromatic rings. The molecule has 0 aliphatic heterocycles. The van der Waals surface area contributed by atoms with Gasteiger partial charge in [-0.3, -0.25) is 19.7 Å². The molecule has 0 aliphatic rings. The number of hydrogen-bond acceptors (Lipinski definition) is 8. The molecule has 10 heteroatoms. The van der Waals surface area contributed by atoms with Gasteiger partial charge in [0.2, 0.25) is 0 Å². The van der Waals surface area contributed by atoms with E-state index >= 15 is 0 Å². The van der Waals surface area contributed by atoms with E-state index in [9.17, 15) is 24.5 Å². The average Bonchev–Trinajstić information content (AvgIpc) is 2.70. The monoisotopic (exact) mass is 401 g/mol. The smallest absolute Gasteiger partial charge is 0.341 e. The van der Waals surface area contributed by atoms with Gasteiger partial charge in [-0.25, -0.2) is 4.79 Å². The largest absolute Gasteiger partial charge is 0.452 e. The fraction of sp³-hybridized carbons (Fsp3) is 0.211. The first-order valence-corrected chi connectivity index (χ1v) is 8.53. The molecule has 10 nitrogen and oxygen atoms in total. The van der Waals surface area contributed by atoms with Crippen molar-refractivity contribution in [1.29, 1.82) is 0 Å². The van der Waals surface area contributed by atoms with Crippen molar-refractivity contribution in [1.82, 2.24) is 0 Å². The Kier molecular flexibility index (Phi) is 7.38. The number of aliphatic hydroxyl groups is 1. The van der Waals surface area contributed by atoms with Crippen LogP contribution in [0.3, 0.4) is 0 Å². The summed E-state index contributed by atoms with van der Waals surface area (Å²) in [6, 6.07) is 9.90. The van der Waals surface area contributed by atoms with Crippen LogP contribution in [0.15, 0.2) is 42.5 Å². The molecule has 0 saturated heterocycles. The molecule has 1 amide bonds. The number of anilines is 2. The Hall–Kier alpha value is -3.79. The Morgan fingerprint density at radius 1 is 1.10 bits per heavy atom. The molecule has 0 atom stereocenters. The van der Waals surface area contributed by atoms with Gasteiger partial charge in [-0.2, -0.15) is 0 Å². The number of carbonyl (C=O) groups is 3. The second-order valence-electron chi connectivity index (χ2n) is 5.86. The molecule has 0 aliphatic carbocycles. The molecule has 0 saturated carbocycles. The third-order valence-corrected chi connectivity index (χ3v) is 3.78. The molecule has 0 aromatic heterocycles. The first-order chi connectivity index (χ1) is 13.8. The number of rotatable bonds is 9. The number of non-ortho nitro benzene ring substituents is 1.